The van der Waals surface area contributed by atoms with Crippen LogP contribution in [-0.4, -0.2) is 64.4 Å². The van der Waals surface area contributed by atoms with Crippen LogP contribution in [0.2, 0.25) is 0 Å². The lowest BCUT2D eigenvalue weighted by Gasteiger charge is -2.15. The second-order valence-electron chi connectivity index (χ2n) is 4.34. The van der Waals surface area contributed by atoms with Gasteiger partial charge in [0.05, 0.1) is 6.54 Å². The minimum absolute atomic E-state index is 0.0892. The Morgan fingerprint density at radius 2 is 2.00 bits per heavy atom. The lowest BCUT2D eigenvalue weighted by atomic mass is 10.3. The van der Waals surface area contributed by atoms with Gasteiger partial charge < -0.3 is 14.8 Å². The van der Waals surface area contributed by atoms with Crippen molar-refractivity contribution in [3.05, 3.63) is 0 Å². The van der Waals surface area contributed by atoms with Crippen molar-refractivity contribution < 1.29 is 14.3 Å². The van der Waals surface area contributed by atoms with Crippen LogP contribution in [0.5, 0.6) is 0 Å². The normalized spacial score (nSPS) is 10.9. The zero-order valence-corrected chi connectivity index (χ0v) is 12.0. The minimum Gasteiger partial charge on any atom is -0.385 e. The number of carbonyl (C=O) groups excluding carboxylic acids is 1. The van der Waals surface area contributed by atoms with Crippen molar-refractivity contribution in [2.45, 2.75) is 26.2 Å². The first-order chi connectivity index (χ1) is 8.70. The fraction of sp³-hybridized carbons (Fsp3) is 0.923. The summed E-state index contributed by atoms with van der Waals surface area (Å²) in [7, 11) is 3.64. The monoisotopic (exact) mass is 260 g/mol. The van der Waals surface area contributed by atoms with Gasteiger partial charge in [0.15, 0.2) is 0 Å². The van der Waals surface area contributed by atoms with Gasteiger partial charge in [0.25, 0.3) is 0 Å². The van der Waals surface area contributed by atoms with Crippen LogP contribution in [0, 0.1) is 0 Å². The SMILES string of the molecule is CCOCCCCNC(=O)CN(C)CCCOC. The zero-order chi connectivity index (χ0) is 13.6. The van der Waals surface area contributed by atoms with Gasteiger partial charge in [0, 0.05) is 40.0 Å². The largest absolute Gasteiger partial charge is 0.385 e. The van der Waals surface area contributed by atoms with E-state index in [1.54, 1.807) is 7.11 Å². The fourth-order valence-corrected chi connectivity index (χ4v) is 1.56. The smallest absolute Gasteiger partial charge is 0.234 e. The Labute approximate surface area is 111 Å². The van der Waals surface area contributed by atoms with E-state index in [0.29, 0.717) is 6.54 Å². The predicted molar refractivity (Wildman–Crippen MR) is 72.7 cm³/mol. The molecule has 0 spiro atoms. The third-order valence-electron chi connectivity index (χ3n) is 2.54. The zero-order valence-electron chi connectivity index (χ0n) is 12.0. The number of nitrogens with zero attached hydrogens (tertiary/aromatic N) is 1. The number of hydrogen-bond donors (Lipinski definition) is 1. The molecular formula is C13H28N2O3. The molecule has 0 rings (SSSR count). The molecule has 18 heavy (non-hydrogen) atoms. The van der Waals surface area contributed by atoms with Crippen LogP contribution < -0.4 is 5.32 Å². The molecule has 0 unspecified atom stereocenters. The molecule has 1 N–H and O–H groups in total. The molecule has 1 amide bonds. The number of hydrogen-bond acceptors (Lipinski definition) is 4. The molecule has 0 saturated carbocycles. The molecule has 5 heteroatoms. The predicted octanol–water partition coefficient (Wildman–Crippen LogP) is 0.888. The Balaban J connectivity index is 3.35. The first kappa shape index (κ1) is 17.4. The lowest BCUT2D eigenvalue weighted by molar-refractivity contribution is -0.122. The third kappa shape index (κ3) is 11.8. The second-order valence-corrected chi connectivity index (χ2v) is 4.34. The van der Waals surface area contributed by atoms with E-state index in [1.807, 2.05) is 18.9 Å². The van der Waals surface area contributed by atoms with E-state index in [0.717, 1.165) is 52.2 Å². The van der Waals surface area contributed by atoms with Gasteiger partial charge in [0.2, 0.25) is 5.91 Å². The van der Waals surface area contributed by atoms with Gasteiger partial charge in [-0.2, -0.15) is 0 Å². The molecule has 0 aliphatic heterocycles. The number of unbranched alkanes of at least 4 members (excludes halogenated alkanes) is 1. The number of carbonyl (C=O) groups is 1. The van der Waals surface area contributed by atoms with Crippen LogP contribution in [0.15, 0.2) is 0 Å². The average molecular weight is 260 g/mol. The quantitative estimate of drug-likeness (QED) is 0.529. The highest BCUT2D eigenvalue weighted by Crippen LogP contribution is 1.90. The Kier molecular flexibility index (Phi) is 12.3. The van der Waals surface area contributed by atoms with E-state index < -0.39 is 0 Å². The van der Waals surface area contributed by atoms with Crippen molar-refractivity contribution in [2.75, 3.05) is 53.6 Å². The van der Waals surface area contributed by atoms with Crippen LogP contribution >= 0.6 is 0 Å². The lowest BCUT2D eigenvalue weighted by Crippen LogP contribution is -2.36. The van der Waals surface area contributed by atoms with Crippen LogP contribution in [-0.2, 0) is 14.3 Å². The van der Waals surface area contributed by atoms with Gasteiger partial charge in [-0.25, -0.2) is 0 Å². The standard InChI is InChI=1S/C13H28N2O3/c1-4-18-11-6-5-8-14-13(16)12-15(2)9-7-10-17-3/h4-12H2,1-3H3,(H,14,16). The Morgan fingerprint density at radius 1 is 1.22 bits per heavy atom. The van der Waals surface area contributed by atoms with E-state index in [-0.39, 0.29) is 5.91 Å². The maximum absolute atomic E-state index is 11.6. The molecule has 0 atom stereocenters. The van der Waals surface area contributed by atoms with Gasteiger partial charge in [-0.15, -0.1) is 0 Å². The maximum Gasteiger partial charge on any atom is 0.234 e. The number of ether oxygens (including phenoxy) is 2. The molecule has 108 valence electrons. The van der Waals surface area contributed by atoms with Crippen LogP contribution in [0.1, 0.15) is 26.2 Å². The first-order valence-electron chi connectivity index (χ1n) is 6.72. The molecule has 0 radical (unpaired) electrons. The summed E-state index contributed by atoms with van der Waals surface area (Å²) in [5.41, 5.74) is 0. The molecular weight excluding hydrogens is 232 g/mol. The van der Waals surface area contributed by atoms with Gasteiger partial charge in [-0.3, -0.25) is 9.69 Å². The van der Waals surface area contributed by atoms with E-state index in [1.165, 1.54) is 0 Å². The van der Waals surface area contributed by atoms with Gasteiger partial charge >= 0.3 is 0 Å². The molecule has 0 fully saturated rings. The summed E-state index contributed by atoms with van der Waals surface area (Å²) in [6.45, 7) is 6.34. The average Bonchev–Trinajstić information content (AvgIpc) is 2.34. The van der Waals surface area contributed by atoms with E-state index in [4.69, 9.17) is 9.47 Å². The highest BCUT2D eigenvalue weighted by molar-refractivity contribution is 5.77. The Bertz CT molecular complexity index is 201. The van der Waals surface area contributed by atoms with Crippen LogP contribution in [0.25, 0.3) is 0 Å². The molecule has 0 aromatic rings. The molecule has 0 aromatic carbocycles. The summed E-state index contributed by atoms with van der Waals surface area (Å²) in [5, 5.41) is 2.91. The van der Waals surface area contributed by atoms with Crippen molar-refractivity contribution in [1.29, 1.82) is 0 Å². The van der Waals surface area contributed by atoms with Crippen molar-refractivity contribution in [3.63, 3.8) is 0 Å². The minimum atomic E-state index is 0.0892. The third-order valence-corrected chi connectivity index (χ3v) is 2.54. The molecule has 0 aliphatic rings. The van der Waals surface area contributed by atoms with Crippen molar-refractivity contribution in [3.8, 4) is 0 Å². The van der Waals surface area contributed by atoms with Gasteiger partial charge in [-0.1, -0.05) is 0 Å². The summed E-state index contributed by atoms with van der Waals surface area (Å²) in [6.07, 6.45) is 2.92. The number of likely N-dealkylation sites (N-methyl/N-ethyl adjacent to an activating group) is 1. The van der Waals surface area contributed by atoms with Crippen LogP contribution in [0.4, 0.5) is 0 Å². The van der Waals surface area contributed by atoms with E-state index in [2.05, 4.69) is 5.32 Å². The van der Waals surface area contributed by atoms with Crippen molar-refractivity contribution >= 4 is 5.91 Å². The molecule has 0 aliphatic carbocycles. The number of methoxy groups -OCH3 is 1. The van der Waals surface area contributed by atoms with Crippen molar-refractivity contribution in [2.24, 2.45) is 0 Å². The summed E-state index contributed by atoms with van der Waals surface area (Å²) >= 11 is 0. The van der Waals surface area contributed by atoms with E-state index in [9.17, 15) is 4.79 Å². The van der Waals surface area contributed by atoms with Gasteiger partial charge in [-0.05, 0) is 33.2 Å². The fourth-order valence-electron chi connectivity index (χ4n) is 1.56. The topological polar surface area (TPSA) is 50.8 Å². The molecule has 0 saturated heterocycles. The van der Waals surface area contributed by atoms with Crippen LogP contribution in [0.3, 0.4) is 0 Å². The number of amides is 1. The second kappa shape index (κ2) is 12.8. The summed E-state index contributed by atoms with van der Waals surface area (Å²) < 4.78 is 10.2. The summed E-state index contributed by atoms with van der Waals surface area (Å²) in [5.74, 6) is 0.0892. The van der Waals surface area contributed by atoms with Gasteiger partial charge in [0.1, 0.15) is 0 Å². The highest BCUT2D eigenvalue weighted by atomic mass is 16.5. The first-order valence-corrected chi connectivity index (χ1v) is 6.72. The highest BCUT2D eigenvalue weighted by Gasteiger charge is 2.05. The summed E-state index contributed by atoms with van der Waals surface area (Å²) in [4.78, 5) is 13.6. The molecule has 0 bridgehead atoms. The maximum atomic E-state index is 11.6. The number of nitrogens with one attached hydrogen (secondary N) is 1. The van der Waals surface area contributed by atoms with Crippen molar-refractivity contribution in [1.82, 2.24) is 10.2 Å². The molecule has 0 aromatic heterocycles. The number of rotatable bonds is 12. The van der Waals surface area contributed by atoms with E-state index >= 15 is 0 Å². The Hall–Kier alpha value is -0.650. The summed E-state index contributed by atoms with van der Waals surface area (Å²) in [6, 6.07) is 0. The molecule has 5 nitrogen and oxygen atoms in total. The Morgan fingerprint density at radius 3 is 2.67 bits per heavy atom. The molecule has 0 heterocycles.